The lowest BCUT2D eigenvalue weighted by Crippen LogP contribution is -2.56. The van der Waals surface area contributed by atoms with E-state index >= 15 is 0 Å². The van der Waals surface area contributed by atoms with Crippen molar-refractivity contribution in [2.75, 3.05) is 24.9 Å². The molecule has 0 saturated heterocycles. The molecule has 214 valence electrons. The number of anilines is 1. The van der Waals surface area contributed by atoms with Gasteiger partial charge in [-0.15, -0.1) is 0 Å². The molecule has 1 N–H and O–H groups in total. The highest BCUT2D eigenvalue weighted by atomic mass is 35.5. The molecule has 1 atom stereocenters. The fraction of sp³-hybridized carbons (Fsp3) is 0.333. The molecule has 0 heterocycles. The van der Waals surface area contributed by atoms with Crippen LogP contribution in [-0.4, -0.2) is 61.7 Å². The van der Waals surface area contributed by atoms with E-state index in [0.29, 0.717) is 16.3 Å². The van der Waals surface area contributed by atoms with Gasteiger partial charge in [-0.05, 0) is 50.1 Å². The van der Waals surface area contributed by atoms with Gasteiger partial charge in [0, 0.05) is 37.6 Å². The van der Waals surface area contributed by atoms with E-state index in [9.17, 15) is 18.0 Å². The van der Waals surface area contributed by atoms with Crippen molar-refractivity contribution >= 4 is 39.3 Å². The Morgan fingerprint density at radius 1 is 0.875 bits per heavy atom. The summed E-state index contributed by atoms with van der Waals surface area (Å²) in [6.07, 6.45) is 0.227. The first-order chi connectivity index (χ1) is 18.8. The normalized spacial score (nSPS) is 12.6. The molecule has 0 radical (unpaired) electrons. The molecule has 0 aromatic heterocycles. The van der Waals surface area contributed by atoms with Gasteiger partial charge in [0.2, 0.25) is 11.8 Å². The molecule has 2 amide bonds. The first-order valence-electron chi connectivity index (χ1n) is 12.9. The molecule has 0 spiro atoms. The van der Waals surface area contributed by atoms with Gasteiger partial charge in [0.15, 0.2) is 0 Å². The minimum atomic E-state index is -4.04. The third kappa shape index (κ3) is 8.30. The average Bonchev–Trinajstić information content (AvgIpc) is 2.90. The molecule has 3 aromatic rings. The summed E-state index contributed by atoms with van der Waals surface area (Å²) in [6.45, 7) is 5.10. The molecule has 0 saturated carbocycles. The zero-order chi connectivity index (χ0) is 29.5. The van der Waals surface area contributed by atoms with Crippen LogP contribution in [0.2, 0.25) is 5.02 Å². The van der Waals surface area contributed by atoms with Crippen molar-refractivity contribution in [1.29, 1.82) is 0 Å². The van der Waals surface area contributed by atoms with E-state index in [1.54, 1.807) is 54.6 Å². The first-order valence-corrected chi connectivity index (χ1v) is 14.7. The Labute approximate surface area is 242 Å². The summed E-state index contributed by atoms with van der Waals surface area (Å²) in [5.74, 6) is -0.891. The number of nitrogens with zero attached hydrogens (tertiary/aromatic N) is 3. The number of amides is 2. The van der Waals surface area contributed by atoms with Gasteiger partial charge in [-0.25, -0.2) is 4.31 Å². The topological polar surface area (TPSA) is 90.0 Å². The fourth-order valence-corrected chi connectivity index (χ4v) is 5.38. The second-order valence-electron chi connectivity index (χ2n) is 10.7. The van der Waals surface area contributed by atoms with E-state index in [1.165, 1.54) is 19.0 Å². The number of carbonyl (C=O) groups excluding carboxylic acids is 2. The summed E-state index contributed by atoms with van der Waals surface area (Å²) < 4.78 is 28.8. The van der Waals surface area contributed by atoms with Crippen LogP contribution >= 0.6 is 11.6 Å². The first kappa shape index (κ1) is 31.1. The van der Waals surface area contributed by atoms with Gasteiger partial charge in [-0.2, -0.15) is 12.7 Å². The molecule has 3 rings (SSSR count). The highest BCUT2D eigenvalue weighted by molar-refractivity contribution is 7.90. The van der Waals surface area contributed by atoms with Crippen LogP contribution in [0.15, 0.2) is 84.9 Å². The van der Waals surface area contributed by atoms with Crippen LogP contribution in [0.25, 0.3) is 0 Å². The van der Waals surface area contributed by atoms with Gasteiger partial charge in [0.05, 0.1) is 5.69 Å². The molecular formula is C30H37ClN4O4S. The third-order valence-corrected chi connectivity index (χ3v) is 8.32. The van der Waals surface area contributed by atoms with Gasteiger partial charge < -0.3 is 10.2 Å². The fourth-order valence-electron chi connectivity index (χ4n) is 4.13. The monoisotopic (exact) mass is 584 g/mol. The number of para-hydroxylation sites is 1. The number of carbonyl (C=O) groups is 2. The highest BCUT2D eigenvalue weighted by Crippen LogP contribution is 2.24. The van der Waals surface area contributed by atoms with Crippen molar-refractivity contribution in [3.63, 3.8) is 0 Å². The summed E-state index contributed by atoms with van der Waals surface area (Å²) in [7, 11) is -1.22. The number of benzene rings is 3. The Morgan fingerprint density at radius 2 is 1.43 bits per heavy atom. The van der Waals surface area contributed by atoms with Crippen molar-refractivity contribution in [3.8, 4) is 0 Å². The Bertz CT molecular complexity index is 1390. The van der Waals surface area contributed by atoms with Crippen LogP contribution < -0.4 is 9.62 Å². The molecule has 8 nitrogen and oxygen atoms in total. The largest absolute Gasteiger partial charge is 0.350 e. The Morgan fingerprint density at radius 3 is 1.98 bits per heavy atom. The zero-order valence-corrected chi connectivity index (χ0v) is 25.1. The van der Waals surface area contributed by atoms with Crippen LogP contribution in [0.4, 0.5) is 5.69 Å². The van der Waals surface area contributed by atoms with E-state index in [0.717, 1.165) is 14.2 Å². The van der Waals surface area contributed by atoms with Crippen molar-refractivity contribution in [2.45, 2.75) is 45.3 Å². The Hall–Kier alpha value is -3.40. The number of hydrogen-bond acceptors (Lipinski definition) is 4. The minimum absolute atomic E-state index is 0.0121. The molecule has 0 aliphatic carbocycles. The Balaban J connectivity index is 2.11. The number of halogens is 1. The maximum absolute atomic E-state index is 14.2. The number of rotatable bonds is 11. The number of nitrogens with one attached hydrogen (secondary N) is 1. The zero-order valence-electron chi connectivity index (χ0n) is 23.5. The summed E-state index contributed by atoms with van der Waals surface area (Å²) in [5.41, 5.74) is 1.27. The van der Waals surface area contributed by atoms with E-state index in [1.807, 2.05) is 51.1 Å². The van der Waals surface area contributed by atoms with Gasteiger partial charge >= 0.3 is 10.2 Å². The Kier molecular flexibility index (Phi) is 10.4. The van der Waals surface area contributed by atoms with E-state index < -0.39 is 34.2 Å². The minimum Gasteiger partial charge on any atom is -0.350 e. The predicted molar refractivity (Wildman–Crippen MR) is 160 cm³/mol. The van der Waals surface area contributed by atoms with E-state index in [-0.39, 0.29) is 18.9 Å². The van der Waals surface area contributed by atoms with Crippen LogP contribution in [-0.2, 0) is 32.8 Å². The maximum atomic E-state index is 14.2. The summed E-state index contributed by atoms with van der Waals surface area (Å²) in [4.78, 5) is 29.4. The lowest BCUT2D eigenvalue weighted by molar-refractivity contribution is -0.140. The smallest absolute Gasteiger partial charge is 0.304 e. The lowest BCUT2D eigenvalue weighted by Gasteiger charge is -2.36. The predicted octanol–water partition coefficient (Wildman–Crippen LogP) is 4.51. The summed E-state index contributed by atoms with van der Waals surface area (Å²) in [6, 6.07) is 24.0. The van der Waals surface area contributed by atoms with Gasteiger partial charge in [0.1, 0.15) is 12.6 Å². The van der Waals surface area contributed by atoms with Crippen molar-refractivity contribution in [2.24, 2.45) is 0 Å². The molecule has 0 bridgehead atoms. The SMILES string of the molecule is CN(C)S(=O)(=O)N(CC(=O)N(Cc1ccccc1Cl)[C@H](Cc1ccccc1)C(=O)NC(C)(C)C)c1ccccc1. The van der Waals surface area contributed by atoms with E-state index in [2.05, 4.69) is 5.32 Å². The van der Waals surface area contributed by atoms with Gasteiger partial charge in [-0.1, -0.05) is 78.3 Å². The third-order valence-electron chi connectivity index (χ3n) is 6.13. The molecule has 0 aliphatic heterocycles. The second kappa shape index (κ2) is 13.3. The summed E-state index contributed by atoms with van der Waals surface area (Å²) >= 11 is 6.49. The lowest BCUT2D eigenvalue weighted by atomic mass is 10.0. The van der Waals surface area contributed by atoms with E-state index in [4.69, 9.17) is 11.6 Å². The number of hydrogen-bond donors (Lipinski definition) is 1. The second-order valence-corrected chi connectivity index (χ2v) is 13.2. The van der Waals surface area contributed by atoms with Crippen LogP contribution in [0.3, 0.4) is 0 Å². The van der Waals surface area contributed by atoms with Crippen LogP contribution in [0.1, 0.15) is 31.9 Å². The average molecular weight is 585 g/mol. The van der Waals surface area contributed by atoms with Crippen LogP contribution in [0.5, 0.6) is 0 Å². The molecule has 0 unspecified atom stereocenters. The van der Waals surface area contributed by atoms with Crippen molar-refractivity contribution in [1.82, 2.24) is 14.5 Å². The molecular weight excluding hydrogens is 548 g/mol. The molecule has 0 fully saturated rings. The molecule has 10 heteroatoms. The van der Waals surface area contributed by atoms with Gasteiger partial charge in [0.25, 0.3) is 0 Å². The van der Waals surface area contributed by atoms with Crippen molar-refractivity contribution in [3.05, 3.63) is 101 Å². The van der Waals surface area contributed by atoms with Crippen molar-refractivity contribution < 1.29 is 18.0 Å². The highest BCUT2D eigenvalue weighted by Gasteiger charge is 2.35. The molecule has 0 aliphatic rings. The standard InChI is InChI=1S/C30H37ClN4O4S/c1-30(2,3)32-29(37)27(20-23-14-8-6-9-15-23)34(21-24-16-12-13-19-26(24)31)28(36)22-35(40(38,39)33(4)5)25-17-10-7-11-18-25/h6-19,27H,20-22H2,1-5H3,(H,32,37)/t27-/m1/s1. The molecule has 3 aromatic carbocycles. The quantitative estimate of drug-likeness (QED) is 0.359. The maximum Gasteiger partial charge on any atom is 0.304 e. The van der Waals surface area contributed by atoms with Gasteiger partial charge in [-0.3, -0.25) is 9.59 Å². The summed E-state index contributed by atoms with van der Waals surface area (Å²) in [5, 5.41) is 3.44. The molecule has 40 heavy (non-hydrogen) atoms. The van der Waals surface area contributed by atoms with Crippen LogP contribution in [0, 0.1) is 0 Å².